The summed E-state index contributed by atoms with van der Waals surface area (Å²) in [6, 6.07) is 22.0. The van der Waals surface area contributed by atoms with Crippen molar-refractivity contribution in [1.29, 1.82) is 0 Å². The van der Waals surface area contributed by atoms with Crippen molar-refractivity contribution in [2.45, 2.75) is 25.8 Å². The summed E-state index contributed by atoms with van der Waals surface area (Å²) in [4.78, 5) is 30.1. The summed E-state index contributed by atoms with van der Waals surface area (Å²) in [6.45, 7) is 1.53. The molecule has 4 aromatic rings. The normalized spacial score (nSPS) is 11.8. The molecule has 0 fully saturated rings. The maximum Gasteiger partial charge on any atom is 0.339 e. The van der Waals surface area contributed by atoms with E-state index in [4.69, 9.17) is 39.5 Å². The number of nitrogens with zero attached hydrogens (tertiary/aromatic N) is 1. The third kappa shape index (κ3) is 6.16. The van der Waals surface area contributed by atoms with Crippen LogP contribution in [-0.2, 0) is 16.0 Å². The number of benzene rings is 3. The van der Waals surface area contributed by atoms with Crippen LogP contribution in [0.5, 0.6) is 0 Å². The molecule has 8 heteroatoms. The fourth-order valence-corrected chi connectivity index (χ4v) is 4.46. The second-order valence-corrected chi connectivity index (χ2v) is 9.53. The molecule has 0 radical (unpaired) electrons. The average molecular weight is 542 g/mol. The molecular weight excluding hydrogens is 519 g/mol. The Morgan fingerprint density at radius 1 is 0.944 bits per heavy atom. The SMILES string of the molecule is CC(CCc1ccccc1)NC(=O)COC(=O)c1cc(-c2ccc(Cl)c(Cl)c2Cl)nc2ccccc12. The Hall–Kier alpha value is -3.12. The van der Waals surface area contributed by atoms with E-state index in [2.05, 4.69) is 22.4 Å². The summed E-state index contributed by atoms with van der Waals surface area (Å²) in [7, 11) is 0. The zero-order valence-electron chi connectivity index (χ0n) is 19.4. The number of aromatic nitrogens is 1. The van der Waals surface area contributed by atoms with E-state index in [1.807, 2.05) is 31.2 Å². The van der Waals surface area contributed by atoms with Gasteiger partial charge in [0.05, 0.1) is 31.8 Å². The van der Waals surface area contributed by atoms with Crippen LogP contribution in [0.1, 0.15) is 29.3 Å². The van der Waals surface area contributed by atoms with Gasteiger partial charge in [-0.3, -0.25) is 4.79 Å². The first kappa shape index (κ1) is 26.0. The highest BCUT2D eigenvalue weighted by Gasteiger charge is 2.19. The Bertz CT molecular complexity index is 1410. The molecule has 0 bridgehead atoms. The Labute approximate surface area is 224 Å². The van der Waals surface area contributed by atoms with Gasteiger partial charge in [0.15, 0.2) is 6.61 Å². The largest absolute Gasteiger partial charge is 0.452 e. The van der Waals surface area contributed by atoms with E-state index < -0.39 is 12.6 Å². The Kier molecular flexibility index (Phi) is 8.47. The highest BCUT2D eigenvalue weighted by molar-refractivity contribution is 6.49. The monoisotopic (exact) mass is 540 g/mol. The van der Waals surface area contributed by atoms with Crippen molar-refractivity contribution >= 4 is 57.6 Å². The number of esters is 1. The molecule has 0 saturated carbocycles. The summed E-state index contributed by atoms with van der Waals surface area (Å²) < 4.78 is 5.37. The molecule has 1 N–H and O–H groups in total. The van der Waals surface area contributed by atoms with Crippen molar-refractivity contribution in [3.8, 4) is 11.3 Å². The first-order chi connectivity index (χ1) is 17.3. The van der Waals surface area contributed by atoms with Crippen LogP contribution in [0.2, 0.25) is 15.1 Å². The minimum Gasteiger partial charge on any atom is -0.452 e. The molecule has 184 valence electrons. The van der Waals surface area contributed by atoms with Gasteiger partial charge in [-0.15, -0.1) is 0 Å². The third-order valence-electron chi connectivity index (χ3n) is 5.70. The number of ether oxygens (including phenoxy) is 1. The van der Waals surface area contributed by atoms with Gasteiger partial charge in [-0.2, -0.15) is 0 Å². The van der Waals surface area contributed by atoms with Crippen LogP contribution < -0.4 is 5.32 Å². The van der Waals surface area contributed by atoms with Crippen molar-refractivity contribution in [1.82, 2.24) is 10.3 Å². The highest BCUT2D eigenvalue weighted by Crippen LogP contribution is 2.38. The highest BCUT2D eigenvalue weighted by atomic mass is 35.5. The standard InChI is InChI=1S/C28H23Cl3N2O3/c1-17(11-12-18-7-3-2-4-8-18)32-25(34)16-36-28(35)21-15-24(33-23-10-6-5-9-19(21)23)20-13-14-22(29)27(31)26(20)30/h2-10,13-15,17H,11-12,16H2,1H3,(H,32,34). The van der Waals surface area contributed by atoms with Crippen LogP contribution in [-0.4, -0.2) is 29.5 Å². The molecule has 1 atom stereocenters. The van der Waals surface area contributed by atoms with Crippen LogP contribution in [0.4, 0.5) is 0 Å². The van der Waals surface area contributed by atoms with Crippen LogP contribution in [0.15, 0.2) is 72.8 Å². The maximum absolute atomic E-state index is 13.0. The number of para-hydroxylation sites is 1. The number of nitrogens with one attached hydrogen (secondary N) is 1. The molecule has 5 nitrogen and oxygen atoms in total. The second kappa shape index (κ2) is 11.7. The van der Waals surface area contributed by atoms with Gasteiger partial charge in [0, 0.05) is 17.0 Å². The number of rotatable bonds is 8. The molecule has 0 aliphatic carbocycles. The Balaban J connectivity index is 1.47. The van der Waals surface area contributed by atoms with Crippen molar-refractivity contribution in [3.05, 3.63) is 99.0 Å². The Morgan fingerprint density at radius 3 is 2.44 bits per heavy atom. The minimum absolute atomic E-state index is 0.0680. The van der Waals surface area contributed by atoms with E-state index in [9.17, 15) is 9.59 Å². The number of hydrogen-bond acceptors (Lipinski definition) is 4. The van der Waals surface area contributed by atoms with Gasteiger partial charge in [-0.25, -0.2) is 9.78 Å². The molecule has 0 saturated heterocycles. The van der Waals surface area contributed by atoms with Crippen molar-refractivity contribution in [2.24, 2.45) is 0 Å². The number of amides is 1. The molecule has 4 rings (SSSR count). The Morgan fingerprint density at radius 2 is 1.67 bits per heavy atom. The molecule has 1 aromatic heterocycles. The van der Waals surface area contributed by atoms with Crippen LogP contribution in [0.25, 0.3) is 22.2 Å². The molecule has 0 spiro atoms. The first-order valence-corrected chi connectivity index (χ1v) is 12.5. The predicted octanol–water partition coefficient (Wildman–Crippen LogP) is 7.16. The van der Waals surface area contributed by atoms with Gasteiger partial charge in [0.25, 0.3) is 5.91 Å². The van der Waals surface area contributed by atoms with Crippen molar-refractivity contribution in [3.63, 3.8) is 0 Å². The number of hydrogen-bond donors (Lipinski definition) is 1. The van der Waals surface area contributed by atoms with Gasteiger partial charge < -0.3 is 10.1 Å². The summed E-state index contributed by atoms with van der Waals surface area (Å²) in [5, 5.41) is 4.22. The molecule has 1 unspecified atom stereocenters. The van der Waals surface area contributed by atoms with Gasteiger partial charge in [0.2, 0.25) is 0 Å². The van der Waals surface area contributed by atoms with Gasteiger partial charge >= 0.3 is 5.97 Å². The number of aryl methyl sites for hydroxylation is 1. The number of carbonyl (C=O) groups excluding carboxylic acids is 2. The average Bonchev–Trinajstić information content (AvgIpc) is 2.89. The topological polar surface area (TPSA) is 68.3 Å². The van der Waals surface area contributed by atoms with E-state index >= 15 is 0 Å². The lowest BCUT2D eigenvalue weighted by molar-refractivity contribution is -0.124. The van der Waals surface area contributed by atoms with Gasteiger partial charge in [-0.1, -0.05) is 83.3 Å². The van der Waals surface area contributed by atoms with Gasteiger partial charge in [0.1, 0.15) is 0 Å². The van der Waals surface area contributed by atoms with E-state index in [0.717, 1.165) is 12.8 Å². The zero-order valence-corrected chi connectivity index (χ0v) is 21.7. The minimum atomic E-state index is -0.641. The number of fused-ring (bicyclic) bond motifs is 1. The molecule has 36 heavy (non-hydrogen) atoms. The van der Waals surface area contributed by atoms with Crippen LogP contribution in [0.3, 0.4) is 0 Å². The van der Waals surface area contributed by atoms with E-state index in [1.165, 1.54) is 5.56 Å². The van der Waals surface area contributed by atoms with E-state index in [1.54, 1.807) is 36.4 Å². The third-order valence-corrected chi connectivity index (χ3v) is 6.99. The predicted molar refractivity (Wildman–Crippen MR) is 145 cm³/mol. The maximum atomic E-state index is 13.0. The summed E-state index contributed by atoms with van der Waals surface area (Å²) in [6.07, 6.45) is 1.61. The summed E-state index contributed by atoms with van der Waals surface area (Å²) >= 11 is 18.7. The number of halogens is 3. The lowest BCUT2D eigenvalue weighted by atomic mass is 10.0. The van der Waals surface area contributed by atoms with E-state index in [0.29, 0.717) is 27.2 Å². The van der Waals surface area contributed by atoms with Crippen LogP contribution >= 0.6 is 34.8 Å². The fourth-order valence-electron chi connectivity index (χ4n) is 3.83. The molecule has 0 aliphatic heterocycles. The number of carbonyl (C=O) groups is 2. The second-order valence-electron chi connectivity index (χ2n) is 8.36. The molecule has 3 aromatic carbocycles. The fraction of sp³-hybridized carbons (Fsp3) is 0.179. The summed E-state index contributed by atoms with van der Waals surface area (Å²) in [5.41, 5.74) is 3.00. The van der Waals surface area contributed by atoms with E-state index in [-0.39, 0.29) is 27.6 Å². The molecule has 0 aliphatic rings. The molecular formula is C28H23Cl3N2O3. The van der Waals surface area contributed by atoms with Crippen LogP contribution in [0, 0.1) is 0 Å². The quantitative estimate of drug-likeness (QED) is 0.190. The molecule has 1 amide bonds. The smallest absolute Gasteiger partial charge is 0.339 e. The van der Waals surface area contributed by atoms with Crippen molar-refractivity contribution < 1.29 is 14.3 Å². The zero-order chi connectivity index (χ0) is 25.7. The van der Waals surface area contributed by atoms with Crippen molar-refractivity contribution in [2.75, 3.05) is 6.61 Å². The van der Waals surface area contributed by atoms with Gasteiger partial charge in [-0.05, 0) is 49.6 Å². The lowest BCUT2D eigenvalue weighted by Gasteiger charge is -2.15. The lowest BCUT2D eigenvalue weighted by Crippen LogP contribution is -2.36. The summed E-state index contributed by atoms with van der Waals surface area (Å²) in [5.74, 6) is -1.01. The molecule has 1 heterocycles. The first-order valence-electron chi connectivity index (χ1n) is 11.4. The number of pyridine rings is 1.